The first-order chi connectivity index (χ1) is 14.5. The average Bonchev–Trinajstić information content (AvgIpc) is 2.78. The molecule has 3 rings (SSSR count). The summed E-state index contributed by atoms with van der Waals surface area (Å²) in [5, 5.41) is 2.86. The van der Waals surface area contributed by atoms with Crippen molar-refractivity contribution in [1.82, 2.24) is 14.9 Å². The lowest BCUT2D eigenvalue weighted by atomic mass is 10.2. The summed E-state index contributed by atoms with van der Waals surface area (Å²) in [5.41, 5.74) is 1.57. The summed E-state index contributed by atoms with van der Waals surface area (Å²) in [5.74, 6) is 1.74. The number of nitrogens with one attached hydrogen (secondary N) is 1. The SMILES string of the molecule is CCN1CCN(c2ncc(C(=O)Nc3cc(OC)c(OC)c(OC)c3)c(C)n2)CC1. The van der Waals surface area contributed by atoms with Gasteiger partial charge in [0.05, 0.1) is 32.6 Å². The molecule has 0 atom stereocenters. The fourth-order valence-electron chi connectivity index (χ4n) is 3.45. The molecular weight excluding hydrogens is 386 g/mol. The van der Waals surface area contributed by atoms with E-state index < -0.39 is 0 Å². The molecule has 1 amide bonds. The lowest BCUT2D eigenvalue weighted by Crippen LogP contribution is -2.46. The molecule has 0 saturated carbocycles. The van der Waals surface area contributed by atoms with Crippen LogP contribution in [-0.2, 0) is 0 Å². The standard InChI is InChI=1S/C21H29N5O4/c1-6-25-7-9-26(10-8-25)21-22-13-16(14(2)23-21)20(27)24-15-11-17(28-3)19(30-5)18(12-15)29-4/h11-13H,6-10H2,1-5H3,(H,24,27). The number of amides is 1. The highest BCUT2D eigenvalue weighted by molar-refractivity contribution is 6.05. The Bertz CT molecular complexity index is 872. The maximum atomic E-state index is 12.8. The van der Waals surface area contributed by atoms with Gasteiger partial charge in [0, 0.05) is 50.2 Å². The van der Waals surface area contributed by atoms with Gasteiger partial charge in [-0.25, -0.2) is 9.97 Å². The van der Waals surface area contributed by atoms with Gasteiger partial charge in [0.15, 0.2) is 11.5 Å². The van der Waals surface area contributed by atoms with Crippen LogP contribution in [0.4, 0.5) is 11.6 Å². The van der Waals surface area contributed by atoms with Crippen LogP contribution in [0.2, 0.25) is 0 Å². The topological polar surface area (TPSA) is 89.1 Å². The number of carbonyl (C=O) groups is 1. The highest BCUT2D eigenvalue weighted by Gasteiger charge is 2.20. The summed E-state index contributed by atoms with van der Waals surface area (Å²) in [6, 6.07) is 3.36. The molecule has 162 valence electrons. The van der Waals surface area contributed by atoms with Gasteiger partial charge in [-0.1, -0.05) is 6.92 Å². The first-order valence-electron chi connectivity index (χ1n) is 9.93. The van der Waals surface area contributed by atoms with Crippen LogP contribution in [0.15, 0.2) is 18.3 Å². The van der Waals surface area contributed by atoms with Crippen molar-refractivity contribution in [2.45, 2.75) is 13.8 Å². The van der Waals surface area contributed by atoms with E-state index in [4.69, 9.17) is 14.2 Å². The van der Waals surface area contributed by atoms with E-state index in [1.54, 1.807) is 18.3 Å². The molecule has 1 N–H and O–H groups in total. The Kier molecular flexibility index (Phi) is 6.94. The average molecular weight is 415 g/mol. The molecule has 1 saturated heterocycles. The number of aromatic nitrogens is 2. The summed E-state index contributed by atoms with van der Waals surface area (Å²) in [4.78, 5) is 26.4. The number of hydrogen-bond donors (Lipinski definition) is 1. The van der Waals surface area contributed by atoms with E-state index >= 15 is 0 Å². The molecule has 2 aromatic rings. The molecule has 0 unspecified atom stereocenters. The number of nitrogens with zero attached hydrogens (tertiary/aromatic N) is 4. The predicted octanol–water partition coefficient (Wildman–Crippen LogP) is 2.21. The fourth-order valence-corrected chi connectivity index (χ4v) is 3.45. The van der Waals surface area contributed by atoms with E-state index in [1.165, 1.54) is 21.3 Å². The van der Waals surface area contributed by atoms with E-state index in [9.17, 15) is 4.79 Å². The van der Waals surface area contributed by atoms with Crippen molar-refractivity contribution >= 4 is 17.5 Å². The lowest BCUT2D eigenvalue weighted by molar-refractivity contribution is 0.102. The number of benzene rings is 1. The summed E-state index contributed by atoms with van der Waals surface area (Å²) in [6.07, 6.45) is 1.58. The smallest absolute Gasteiger partial charge is 0.259 e. The second-order valence-corrected chi connectivity index (χ2v) is 6.96. The van der Waals surface area contributed by atoms with Crippen molar-refractivity contribution in [2.24, 2.45) is 0 Å². The number of anilines is 2. The monoisotopic (exact) mass is 415 g/mol. The summed E-state index contributed by atoms with van der Waals surface area (Å²) < 4.78 is 16.0. The van der Waals surface area contributed by atoms with Gasteiger partial charge >= 0.3 is 0 Å². The molecule has 9 nitrogen and oxygen atoms in total. The Morgan fingerprint density at radius 3 is 2.20 bits per heavy atom. The van der Waals surface area contributed by atoms with Crippen molar-refractivity contribution < 1.29 is 19.0 Å². The quantitative estimate of drug-likeness (QED) is 0.736. The predicted molar refractivity (Wildman–Crippen MR) is 115 cm³/mol. The number of aryl methyl sites for hydroxylation is 1. The fraction of sp³-hybridized carbons (Fsp3) is 0.476. The minimum atomic E-state index is -0.302. The van der Waals surface area contributed by atoms with Gasteiger partial charge in [-0.2, -0.15) is 0 Å². The molecule has 0 spiro atoms. The van der Waals surface area contributed by atoms with Gasteiger partial charge in [-0.05, 0) is 13.5 Å². The minimum Gasteiger partial charge on any atom is -0.493 e. The third-order valence-corrected chi connectivity index (χ3v) is 5.24. The molecule has 0 aliphatic carbocycles. The minimum absolute atomic E-state index is 0.302. The van der Waals surface area contributed by atoms with Crippen molar-refractivity contribution in [1.29, 1.82) is 0 Å². The van der Waals surface area contributed by atoms with Crippen LogP contribution < -0.4 is 24.4 Å². The Hall–Kier alpha value is -3.07. The number of rotatable bonds is 7. The van der Waals surface area contributed by atoms with Crippen LogP contribution in [0.25, 0.3) is 0 Å². The van der Waals surface area contributed by atoms with Crippen LogP contribution in [0.1, 0.15) is 23.0 Å². The zero-order valence-corrected chi connectivity index (χ0v) is 18.2. The number of likely N-dealkylation sites (N-methyl/N-ethyl adjacent to an activating group) is 1. The van der Waals surface area contributed by atoms with Crippen LogP contribution >= 0.6 is 0 Å². The maximum Gasteiger partial charge on any atom is 0.259 e. The van der Waals surface area contributed by atoms with Gasteiger partial charge < -0.3 is 29.3 Å². The third kappa shape index (κ3) is 4.56. The van der Waals surface area contributed by atoms with Crippen LogP contribution in [0.5, 0.6) is 17.2 Å². The number of ether oxygens (including phenoxy) is 3. The molecule has 30 heavy (non-hydrogen) atoms. The van der Waals surface area contributed by atoms with E-state index in [-0.39, 0.29) is 5.91 Å². The van der Waals surface area contributed by atoms with Crippen molar-refractivity contribution in [2.75, 3.05) is 64.3 Å². The van der Waals surface area contributed by atoms with Crippen LogP contribution in [-0.4, -0.2) is 74.8 Å². The zero-order valence-electron chi connectivity index (χ0n) is 18.2. The Labute approximate surface area is 177 Å². The second kappa shape index (κ2) is 9.62. The highest BCUT2D eigenvalue weighted by Crippen LogP contribution is 2.40. The van der Waals surface area contributed by atoms with E-state index in [0.717, 1.165) is 32.7 Å². The molecule has 9 heteroatoms. The zero-order chi connectivity index (χ0) is 21.7. The van der Waals surface area contributed by atoms with Gasteiger partial charge in [0.25, 0.3) is 5.91 Å². The third-order valence-electron chi connectivity index (χ3n) is 5.24. The number of methoxy groups -OCH3 is 3. The van der Waals surface area contributed by atoms with Crippen LogP contribution in [0, 0.1) is 6.92 Å². The summed E-state index contributed by atoms with van der Waals surface area (Å²) in [6.45, 7) is 8.77. The largest absolute Gasteiger partial charge is 0.493 e. The molecular formula is C21H29N5O4. The van der Waals surface area contributed by atoms with Crippen molar-refractivity contribution in [3.63, 3.8) is 0 Å². The van der Waals surface area contributed by atoms with Crippen LogP contribution in [0.3, 0.4) is 0 Å². The Balaban J connectivity index is 1.76. The van der Waals surface area contributed by atoms with Gasteiger partial charge in [0.2, 0.25) is 11.7 Å². The lowest BCUT2D eigenvalue weighted by Gasteiger charge is -2.34. The summed E-state index contributed by atoms with van der Waals surface area (Å²) >= 11 is 0. The van der Waals surface area contributed by atoms with E-state index in [2.05, 4.69) is 32.0 Å². The second-order valence-electron chi connectivity index (χ2n) is 6.96. The molecule has 1 aliphatic rings. The number of hydrogen-bond acceptors (Lipinski definition) is 8. The van der Waals surface area contributed by atoms with E-state index in [1.807, 2.05) is 6.92 Å². The van der Waals surface area contributed by atoms with Gasteiger partial charge in [-0.15, -0.1) is 0 Å². The first-order valence-corrected chi connectivity index (χ1v) is 9.93. The Morgan fingerprint density at radius 2 is 1.70 bits per heavy atom. The molecule has 1 fully saturated rings. The highest BCUT2D eigenvalue weighted by atomic mass is 16.5. The number of carbonyl (C=O) groups excluding carboxylic acids is 1. The molecule has 2 heterocycles. The molecule has 1 aromatic heterocycles. The molecule has 0 radical (unpaired) electrons. The summed E-state index contributed by atoms with van der Waals surface area (Å²) in [7, 11) is 4.59. The number of piperazine rings is 1. The first kappa shape index (κ1) is 21.6. The van der Waals surface area contributed by atoms with Gasteiger partial charge in [0.1, 0.15) is 0 Å². The molecule has 0 bridgehead atoms. The van der Waals surface area contributed by atoms with Gasteiger partial charge in [-0.3, -0.25) is 4.79 Å². The van der Waals surface area contributed by atoms with E-state index in [0.29, 0.717) is 40.1 Å². The normalized spacial score (nSPS) is 14.4. The van der Waals surface area contributed by atoms with Crippen molar-refractivity contribution in [3.8, 4) is 17.2 Å². The molecule has 1 aliphatic heterocycles. The Morgan fingerprint density at radius 1 is 1.07 bits per heavy atom. The molecule has 1 aromatic carbocycles. The maximum absolute atomic E-state index is 12.8. The van der Waals surface area contributed by atoms with Crippen molar-refractivity contribution in [3.05, 3.63) is 29.6 Å².